The molecule has 0 aliphatic heterocycles. The van der Waals surface area contributed by atoms with Crippen LogP contribution in [0, 0.1) is 17.0 Å². The zero-order chi connectivity index (χ0) is 23.3. The lowest BCUT2D eigenvalue weighted by Gasteiger charge is -2.05. The van der Waals surface area contributed by atoms with Crippen molar-refractivity contribution in [3.05, 3.63) is 101 Å². The van der Waals surface area contributed by atoms with Crippen molar-refractivity contribution in [3.8, 4) is 22.3 Å². The predicted octanol–water partition coefficient (Wildman–Crippen LogP) is 6.10. The van der Waals surface area contributed by atoms with Crippen LogP contribution in [0.3, 0.4) is 0 Å². The Balaban J connectivity index is 0.000000323. The number of nitrogens with two attached hydrogens (primary N) is 4. The van der Waals surface area contributed by atoms with Gasteiger partial charge in [0.2, 0.25) is 0 Å². The van der Waals surface area contributed by atoms with Gasteiger partial charge in [-0.25, -0.2) is 0 Å². The van der Waals surface area contributed by atoms with Crippen molar-refractivity contribution in [2.24, 2.45) is 0 Å². The summed E-state index contributed by atoms with van der Waals surface area (Å²) in [5, 5.41) is 10.9. The van der Waals surface area contributed by atoms with Gasteiger partial charge in [0.1, 0.15) is 0 Å². The van der Waals surface area contributed by atoms with E-state index in [1.807, 2.05) is 43.3 Å². The Hall–Kier alpha value is -3.94. The second-order valence-electron chi connectivity index (χ2n) is 7.35. The molecular weight excluding hydrogens is 473 g/mol. The Morgan fingerprint density at radius 1 is 0.618 bits per heavy atom. The summed E-state index contributed by atoms with van der Waals surface area (Å²) in [6.07, 6.45) is 0. The molecule has 0 saturated heterocycles. The molecule has 0 heterocycles. The Morgan fingerprint density at radius 3 is 1.59 bits per heavy atom. The number of nitrogen functional groups attached to an aromatic ring is 4. The van der Waals surface area contributed by atoms with Gasteiger partial charge in [-0.2, -0.15) is 0 Å². The number of halogens is 2. The van der Waals surface area contributed by atoms with Gasteiger partial charge in [-0.1, -0.05) is 30.3 Å². The molecule has 4 aromatic carbocycles. The molecule has 0 spiro atoms. The maximum atomic E-state index is 10.9. The van der Waals surface area contributed by atoms with Crippen LogP contribution in [0.4, 0.5) is 28.4 Å². The molecule has 0 radical (unpaired) electrons. The first-order chi connectivity index (χ1) is 15.2. The third-order valence-corrected chi connectivity index (χ3v) is 4.95. The fourth-order valence-corrected chi connectivity index (χ4v) is 3.14. The van der Waals surface area contributed by atoms with Crippen molar-refractivity contribution in [2.45, 2.75) is 6.92 Å². The lowest BCUT2D eigenvalue weighted by molar-refractivity contribution is -0.384. The second-order valence-corrected chi connectivity index (χ2v) is 7.35. The molecule has 7 nitrogen and oxygen atoms in total. The van der Waals surface area contributed by atoms with E-state index in [0.29, 0.717) is 16.9 Å². The first-order valence-corrected chi connectivity index (χ1v) is 9.86. The van der Waals surface area contributed by atoms with Crippen LogP contribution in [0.1, 0.15) is 5.56 Å². The number of nitro groups is 1. The molecule has 9 heteroatoms. The van der Waals surface area contributed by atoms with E-state index in [-0.39, 0.29) is 30.5 Å². The highest BCUT2D eigenvalue weighted by Gasteiger charge is 2.15. The number of nitrogens with zero attached hydrogens (tertiary/aromatic N) is 1. The lowest BCUT2D eigenvalue weighted by Crippen LogP contribution is -1.94. The summed E-state index contributed by atoms with van der Waals surface area (Å²) in [5.41, 5.74) is 29.8. The van der Waals surface area contributed by atoms with Gasteiger partial charge in [-0.15, -0.1) is 24.8 Å². The third-order valence-electron chi connectivity index (χ3n) is 4.95. The molecule has 0 fully saturated rings. The summed E-state index contributed by atoms with van der Waals surface area (Å²) >= 11 is 0. The smallest absolute Gasteiger partial charge is 0.279 e. The van der Waals surface area contributed by atoms with Crippen LogP contribution in [0.5, 0.6) is 0 Å². The van der Waals surface area contributed by atoms with E-state index in [1.165, 1.54) is 11.6 Å². The molecule has 0 aromatic heterocycles. The monoisotopic (exact) mass is 499 g/mol. The van der Waals surface area contributed by atoms with Crippen molar-refractivity contribution in [3.63, 3.8) is 0 Å². The van der Waals surface area contributed by atoms with Crippen molar-refractivity contribution in [1.82, 2.24) is 0 Å². The minimum absolute atomic E-state index is 0. The Kier molecular flexibility index (Phi) is 10.2. The summed E-state index contributed by atoms with van der Waals surface area (Å²) in [7, 11) is 0. The predicted molar refractivity (Wildman–Crippen MR) is 147 cm³/mol. The molecule has 4 aromatic rings. The van der Waals surface area contributed by atoms with Crippen LogP contribution in [-0.4, -0.2) is 4.92 Å². The van der Waals surface area contributed by atoms with Crippen molar-refractivity contribution in [2.75, 3.05) is 22.9 Å². The van der Waals surface area contributed by atoms with Gasteiger partial charge < -0.3 is 22.9 Å². The molecule has 34 heavy (non-hydrogen) atoms. The Bertz CT molecular complexity index is 1250. The van der Waals surface area contributed by atoms with E-state index in [2.05, 4.69) is 6.07 Å². The van der Waals surface area contributed by atoms with Gasteiger partial charge in [0, 0.05) is 28.8 Å². The minimum atomic E-state index is -0.442. The van der Waals surface area contributed by atoms with Crippen molar-refractivity contribution >= 4 is 53.3 Å². The minimum Gasteiger partial charge on any atom is -0.399 e. The van der Waals surface area contributed by atoms with E-state index >= 15 is 0 Å². The molecule has 0 unspecified atom stereocenters. The van der Waals surface area contributed by atoms with Crippen LogP contribution in [-0.2, 0) is 0 Å². The molecule has 0 saturated carbocycles. The van der Waals surface area contributed by atoms with Gasteiger partial charge in [0.05, 0.1) is 10.5 Å². The molecule has 0 atom stereocenters. The maximum Gasteiger partial charge on any atom is 0.279 e. The van der Waals surface area contributed by atoms with Crippen LogP contribution < -0.4 is 22.9 Å². The van der Waals surface area contributed by atoms with Crippen LogP contribution in [0.15, 0.2) is 84.9 Å². The molecule has 8 N–H and O–H groups in total. The number of aryl methyl sites for hydroxylation is 1. The standard InChI is InChI=1S/C13H14N2.C12H11N3O2.2ClH/c1-9-8-11(4-7-13(9)15)10-2-5-12(14)6-3-10;13-9-3-1-8(2-4-9)11-6-5-10(14)7-12(11)15(16)17;;/h2-8H,14-15H2,1H3;1-7H,13-14H2;2*1H. The first kappa shape index (κ1) is 28.1. The van der Waals surface area contributed by atoms with E-state index in [4.69, 9.17) is 22.9 Å². The SMILES string of the molecule is Cc1cc(-c2ccc(N)cc2)ccc1N.Cl.Cl.Nc1ccc(-c2ccc(N)cc2[N+](=O)[O-])cc1. The van der Waals surface area contributed by atoms with E-state index in [1.54, 1.807) is 36.4 Å². The quantitative estimate of drug-likeness (QED) is 0.152. The summed E-state index contributed by atoms with van der Waals surface area (Å²) in [5.74, 6) is 0. The maximum absolute atomic E-state index is 10.9. The molecule has 4 rings (SSSR count). The lowest BCUT2D eigenvalue weighted by atomic mass is 10.0. The summed E-state index contributed by atoms with van der Waals surface area (Å²) in [4.78, 5) is 10.5. The number of hydrogen-bond acceptors (Lipinski definition) is 6. The molecular formula is C25H27Cl2N5O2. The highest BCUT2D eigenvalue weighted by molar-refractivity contribution is 5.85. The largest absolute Gasteiger partial charge is 0.399 e. The number of rotatable bonds is 3. The zero-order valence-electron chi connectivity index (χ0n) is 18.5. The van der Waals surface area contributed by atoms with Gasteiger partial charge >= 0.3 is 0 Å². The Morgan fingerprint density at radius 2 is 1.09 bits per heavy atom. The normalized spacial score (nSPS) is 9.56. The number of benzene rings is 4. The van der Waals surface area contributed by atoms with Gasteiger partial charge in [0.25, 0.3) is 5.69 Å². The van der Waals surface area contributed by atoms with E-state index in [0.717, 1.165) is 28.1 Å². The van der Waals surface area contributed by atoms with Crippen LogP contribution >= 0.6 is 24.8 Å². The van der Waals surface area contributed by atoms with Gasteiger partial charge in [-0.05, 0) is 77.7 Å². The van der Waals surface area contributed by atoms with E-state index < -0.39 is 4.92 Å². The van der Waals surface area contributed by atoms with Gasteiger partial charge in [-0.3, -0.25) is 10.1 Å². The molecule has 0 aliphatic rings. The number of hydrogen-bond donors (Lipinski definition) is 4. The van der Waals surface area contributed by atoms with Crippen molar-refractivity contribution < 1.29 is 4.92 Å². The summed E-state index contributed by atoms with van der Waals surface area (Å²) in [6.45, 7) is 2.01. The highest BCUT2D eigenvalue weighted by Crippen LogP contribution is 2.31. The van der Waals surface area contributed by atoms with Crippen LogP contribution in [0.25, 0.3) is 22.3 Å². The highest BCUT2D eigenvalue weighted by atomic mass is 35.5. The second kappa shape index (κ2) is 12.3. The summed E-state index contributed by atoms with van der Waals surface area (Å²) < 4.78 is 0. The third kappa shape index (κ3) is 7.03. The molecule has 0 bridgehead atoms. The first-order valence-electron chi connectivity index (χ1n) is 9.86. The molecule has 0 aliphatic carbocycles. The van der Waals surface area contributed by atoms with Crippen LogP contribution in [0.2, 0.25) is 0 Å². The molecule has 0 amide bonds. The summed E-state index contributed by atoms with van der Waals surface area (Å²) in [6, 6.07) is 25.4. The fourth-order valence-electron chi connectivity index (χ4n) is 3.14. The topological polar surface area (TPSA) is 147 Å². The number of anilines is 4. The van der Waals surface area contributed by atoms with E-state index in [9.17, 15) is 10.1 Å². The zero-order valence-corrected chi connectivity index (χ0v) is 20.1. The van der Waals surface area contributed by atoms with Gasteiger partial charge in [0.15, 0.2) is 0 Å². The number of nitro benzene ring substituents is 1. The molecule has 178 valence electrons. The van der Waals surface area contributed by atoms with Crippen molar-refractivity contribution in [1.29, 1.82) is 0 Å². The average Bonchev–Trinajstić information content (AvgIpc) is 2.77. The average molecular weight is 500 g/mol. The fraction of sp³-hybridized carbons (Fsp3) is 0.0400. The Labute approximate surface area is 210 Å².